The number of carbonyl (C=O) groups excluding carboxylic acids is 2. The van der Waals surface area contributed by atoms with Crippen LogP contribution in [0.3, 0.4) is 0 Å². The fourth-order valence-electron chi connectivity index (χ4n) is 5.02. The van der Waals surface area contributed by atoms with Crippen LogP contribution in [-0.2, 0) is 16.5 Å². The number of alkyl carbamates (subject to hydrolysis) is 1. The lowest BCUT2D eigenvalue weighted by Gasteiger charge is -2.31. The summed E-state index contributed by atoms with van der Waals surface area (Å²) in [5, 5.41) is 16.3. The molecule has 240 valence electrons. The lowest BCUT2D eigenvalue weighted by atomic mass is 9.80. The number of aromatic nitrogens is 3. The number of anilines is 1. The minimum Gasteiger partial charge on any atom is -0.450 e. The number of nitrogens with one attached hydrogen (secondary N) is 3. The first-order valence-corrected chi connectivity index (χ1v) is 14.5. The first-order chi connectivity index (χ1) is 21.9. The number of amidine groups is 1. The highest BCUT2D eigenvalue weighted by molar-refractivity contribution is 6.05. The number of amides is 2. The van der Waals surface area contributed by atoms with Gasteiger partial charge in [0.05, 0.1) is 23.5 Å². The van der Waals surface area contributed by atoms with E-state index < -0.39 is 46.8 Å². The Labute approximate surface area is 261 Å². The molecule has 2 aromatic heterocycles. The smallest absolute Gasteiger partial charge is 0.435 e. The number of benzene rings is 2. The maximum atomic E-state index is 15.1. The SMILES string of the molecule is CCOC(=O)NC(=N)c1cccc(-n2nc(C(F)(F)F)cc2C(=O)Nc2cc(C(N)(CCC3CC3)c3cccnc3)ccc2F)c1. The van der Waals surface area contributed by atoms with Crippen molar-refractivity contribution in [2.24, 2.45) is 11.7 Å². The van der Waals surface area contributed by atoms with Gasteiger partial charge in [-0.15, -0.1) is 0 Å². The van der Waals surface area contributed by atoms with Crippen molar-refractivity contribution in [1.82, 2.24) is 20.1 Å². The second-order valence-electron chi connectivity index (χ2n) is 10.9. The van der Waals surface area contributed by atoms with Gasteiger partial charge in [0.25, 0.3) is 5.91 Å². The summed E-state index contributed by atoms with van der Waals surface area (Å²) in [4.78, 5) is 29.5. The number of halogens is 4. The Morgan fingerprint density at radius 1 is 1.09 bits per heavy atom. The van der Waals surface area contributed by atoms with Gasteiger partial charge in [-0.25, -0.2) is 13.9 Å². The molecule has 0 radical (unpaired) electrons. The van der Waals surface area contributed by atoms with E-state index >= 15 is 4.39 Å². The summed E-state index contributed by atoms with van der Waals surface area (Å²) < 4.78 is 62.0. The molecule has 4 aromatic rings. The van der Waals surface area contributed by atoms with Gasteiger partial charge in [0.2, 0.25) is 0 Å². The highest BCUT2D eigenvalue weighted by Gasteiger charge is 2.37. The molecule has 14 heteroatoms. The number of ether oxygens (including phenoxy) is 1. The van der Waals surface area contributed by atoms with Crippen molar-refractivity contribution in [3.8, 4) is 5.69 Å². The van der Waals surface area contributed by atoms with Gasteiger partial charge in [0.15, 0.2) is 5.69 Å². The van der Waals surface area contributed by atoms with Crippen LogP contribution in [0.1, 0.15) is 65.5 Å². The normalized spacial score (nSPS) is 14.3. The molecule has 0 spiro atoms. The third-order valence-electron chi connectivity index (χ3n) is 7.66. The minimum absolute atomic E-state index is 0.0274. The van der Waals surface area contributed by atoms with Crippen LogP contribution < -0.4 is 16.4 Å². The Kier molecular flexibility index (Phi) is 9.19. The van der Waals surface area contributed by atoms with E-state index in [4.69, 9.17) is 15.9 Å². The monoisotopic (exact) mass is 637 g/mol. The molecule has 10 nitrogen and oxygen atoms in total. The average molecular weight is 638 g/mol. The van der Waals surface area contributed by atoms with E-state index in [9.17, 15) is 22.8 Å². The molecule has 46 heavy (non-hydrogen) atoms. The predicted octanol–water partition coefficient (Wildman–Crippen LogP) is 6.14. The third kappa shape index (κ3) is 7.23. The van der Waals surface area contributed by atoms with Crippen LogP contribution in [-0.4, -0.2) is 39.2 Å². The van der Waals surface area contributed by atoms with E-state index in [0.29, 0.717) is 29.5 Å². The molecule has 1 aliphatic carbocycles. The molecule has 1 unspecified atom stereocenters. The predicted molar refractivity (Wildman–Crippen MR) is 161 cm³/mol. The van der Waals surface area contributed by atoms with Gasteiger partial charge in [-0.3, -0.25) is 20.5 Å². The second kappa shape index (κ2) is 13.1. The first-order valence-electron chi connectivity index (χ1n) is 14.5. The molecule has 0 bridgehead atoms. The van der Waals surface area contributed by atoms with E-state index in [-0.39, 0.29) is 23.5 Å². The van der Waals surface area contributed by atoms with Crippen LogP contribution in [0.4, 0.5) is 28.0 Å². The highest BCUT2D eigenvalue weighted by atomic mass is 19.4. The van der Waals surface area contributed by atoms with Crippen molar-refractivity contribution < 1.29 is 31.9 Å². The van der Waals surface area contributed by atoms with Gasteiger partial charge in [0, 0.05) is 24.0 Å². The average Bonchev–Trinajstić information content (AvgIpc) is 3.75. The zero-order valence-electron chi connectivity index (χ0n) is 24.7. The molecule has 0 saturated heterocycles. The number of nitrogens with two attached hydrogens (primary N) is 1. The fourth-order valence-corrected chi connectivity index (χ4v) is 5.02. The maximum absolute atomic E-state index is 15.1. The first kappa shape index (κ1) is 32.3. The number of rotatable bonds is 10. The molecule has 2 heterocycles. The lowest BCUT2D eigenvalue weighted by molar-refractivity contribution is -0.141. The lowest BCUT2D eigenvalue weighted by Crippen LogP contribution is -2.38. The van der Waals surface area contributed by atoms with Gasteiger partial charge in [0.1, 0.15) is 17.3 Å². The van der Waals surface area contributed by atoms with Crippen molar-refractivity contribution in [3.05, 3.63) is 107 Å². The van der Waals surface area contributed by atoms with Crippen molar-refractivity contribution >= 4 is 23.5 Å². The highest BCUT2D eigenvalue weighted by Crippen LogP contribution is 2.40. The Hall–Kier alpha value is -5.11. The summed E-state index contributed by atoms with van der Waals surface area (Å²) in [7, 11) is 0. The van der Waals surface area contributed by atoms with Gasteiger partial charge < -0.3 is 15.8 Å². The molecule has 1 saturated carbocycles. The Bertz CT molecular complexity index is 1760. The molecule has 0 aliphatic heterocycles. The number of nitrogens with zero attached hydrogens (tertiary/aromatic N) is 3. The van der Waals surface area contributed by atoms with Crippen molar-refractivity contribution in [2.45, 2.75) is 44.3 Å². The summed E-state index contributed by atoms with van der Waals surface area (Å²) in [6.45, 7) is 1.64. The van der Waals surface area contributed by atoms with E-state index in [1.165, 1.54) is 36.4 Å². The topological polar surface area (TPSA) is 148 Å². The molecule has 1 aliphatic rings. The van der Waals surface area contributed by atoms with Gasteiger partial charge in [-0.2, -0.15) is 18.3 Å². The molecular formula is C32H31F4N7O3. The minimum atomic E-state index is -4.91. The Morgan fingerprint density at radius 3 is 2.54 bits per heavy atom. The van der Waals surface area contributed by atoms with E-state index in [1.54, 1.807) is 25.4 Å². The van der Waals surface area contributed by atoms with E-state index in [1.807, 2.05) is 6.07 Å². The summed E-state index contributed by atoms with van der Waals surface area (Å²) in [6, 6.07) is 13.6. The second-order valence-corrected chi connectivity index (χ2v) is 10.9. The zero-order chi connectivity index (χ0) is 33.1. The van der Waals surface area contributed by atoms with E-state index in [0.717, 1.165) is 30.0 Å². The van der Waals surface area contributed by atoms with Crippen LogP contribution in [0.5, 0.6) is 0 Å². The van der Waals surface area contributed by atoms with Crippen LogP contribution >= 0.6 is 0 Å². The quantitative estimate of drug-likeness (QED) is 0.0933. The van der Waals surface area contributed by atoms with E-state index in [2.05, 4.69) is 20.7 Å². The molecule has 5 N–H and O–H groups in total. The maximum Gasteiger partial charge on any atom is 0.435 e. The zero-order valence-corrected chi connectivity index (χ0v) is 24.7. The number of hydrogen-bond acceptors (Lipinski definition) is 7. The Morgan fingerprint density at radius 2 is 1.87 bits per heavy atom. The van der Waals surface area contributed by atoms with Crippen molar-refractivity contribution in [1.29, 1.82) is 5.41 Å². The number of carbonyl (C=O) groups is 2. The van der Waals surface area contributed by atoms with Crippen LogP contribution in [0, 0.1) is 17.1 Å². The summed E-state index contributed by atoms with van der Waals surface area (Å²) in [5.41, 5.74) is 4.91. The largest absolute Gasteiger partial charge is 0.450 e. The third-order valence-corrected chi connectivity index (χ3v) is 7.66. The summed E-state index contributed by atoms with van der Waals surface area (Å²) in [5.74, 6) is -1.75. The molecule has 2 amide bonds. The standard InChI is InChI=1S/C32H31F4N7O3/c1-2-46-30(45)41-28(37)20-5-3-7-23(15-20)43-26(17-27(42-43)32(34,35)36)29(44)40-25-16-21(10-11-24(25)33)31(38,13-12-19-8-9-19)22-6-4-14-39-18-22/h3-7,10-11,14-19H,2,8-9,12-13,38H2,1H3,(H,40,44)(H2,37,41,45). The number of hydrogen-bond donors (Lipinski definition) is 4. The number of alkyl halides is 3. The molecule has 1 atom stereocenters. The molecule has 1 fully saturated rings. The van der Waals surface area contributed by atoms with Crippen molar-refractivity contribution in [2.75, 3.05) is 11.9 Å². The number of pyridine rings is 1. The van der Waals surface area contributed by atoms with Gasteiger partial charge in [-0.1, -0.05) is 37.1 Å². The molecular weight excluding hydrogens is 606 g/mol. The molecule has 2 aromatic carbocycles. The van der Waals surface area contributed by atoms with Crippen LogP contribution in [0.25, 0.3) is 5.69 Å². The fraction of sp³-hybridized carbons (Fsp3) is 0.281. The summed E-state index contributed by atoms with van der Waals surface area (Å²) in [6.07, 6.45) is 0.998. The molecule has 5 rings (SSSR count). The van der Waals surface area contributed by atoms with Gasteiger partial charge >= 0.3 is 12.3 Å². The van der Waals surface area contributed by atoms with Crippen LogP contribution in [0.2, 0.25) is 0 Å². The van der Waals surface area contributed by atoms with Gasteiger partial charge in [-0.05, 0) is 67.1 Å². The van der Waals surface area contributed by atoms with Crippen LogP contribution in [0.15, 0.2) is 73.1 Å². The Balaban J connectivity index is 1.48. The van der Waals surface area contributed by atoms with Crippen molar-refractivity contribution in [3.63, 3.8) is 0 Å². The summed E-state index contributed by atoms with van der Waals surface area (Å²) >= 11 is 0.